The molecule has 30 heavy (non-hydrogen) atoms. The van der Waals surface area contributed by atoms with Gasteiger partial charge in [0.05, 0.1) is 5.69 Å². The molecule has 2 aromatic rings. The van der Waals surface area contributed by atoms with E-state index in [0.29, 0.717) is 11.8 Å². The first kappa shape index (κ1) is 20.9. The Morgan fingerprint density at radius 3 is 2.63 bits per heavy atom. The summed E-state index contributed by atoms with van der Waals surface area (Å²) in [5, 5.41) is 5.94. The summed E-state index contributed by atoms with van der Waals surface area (Å²) >= 11 is 0. The van der Waals surface area contributed by atoms with Crippen LogP contribution in [0.3, 0.4) is 0 Å². The summed E-state index contributed by atoms with van der Waals surface area (Å²) < 4.78 is 14.0. The van der Waals surface area contributed by atoms with E-state index in [1.807, 2.05) is 0 Å². The van der Waals surface area contributed by atoms with Gasteiger partial charge in [0.1, 0.15) is 5.82 Å². The summed E-state index contributed by atoms with van der Waals surface area (Å²) in [6.45, 7) is 9.03. The lowest BCUT2D eigenvalue weighted by atomic mass is 9.52. The largest absolute Gasteiger partial charge is 0.332 e. The molecule has 0 spiro atoms. The van der Waals surface area contributed by atoms with Crippen molar-refractivity contribution in [1.29, 1.82) is 0 Å². The fourth-order valence-corrected chi connectivity index (χ4v) is 6.00. The lowest BCUT2D eigenvalue weighted by Crippen LogP contribution is -2.61. The molecule has 0 heterocycles. The van der Waals surface area contributed by atoms with Crippen LogP contribution in [0.25, 0.3) is 0 Å². The maximum absolute atomic E-state index is 14.0. The van der Waals surface area contributed by atoms with Crippen molar-refractivity contribution < 1.29 is 9.18 Å². The SMILES string of the molecule is CC(C)c1ccc2c(c1)CC[C@H]1[C@](C)(NC(=O)Nc3ccccc3F)CCC[C@]21C. The molecule has 2 aliphatic rings. The number of fused-ring (bicyclic) bond motifs is 3. The third-order valence-electron chi connectivity index (χ3n) is 7.57. The molecule has 2 aromatic carbocycles. The lowest BCUT2D eigenvalue weighted by Gasteiger charge is -2.55. The number of aryl methyl sites for hydroxylation is 1. The number of hydrogen-bond donors (Lipinski definition) is 2. The average molecular weight is 409 g/mol. The van der Waals surface area contributed by atoms with E-state index in [4.69, 9.17) is 0 Å². The second-order valence-electron chi connectivity index (χ2n) is 9.91. The maximum Gasteiger partial charge on any atom is 0.319 e. The van der Waals surface area contributed by atoms with Gasteiger partial charge < -0.3 is 10.6 Å². The van der Waals surface area contributed by atoms with Gasteiger partial charge in [-0.15, -0.1) is 0 Å². The molecule has 3 atom stereocenters. The van der Waals surface area contributed by atoms with Gasteiger partial charge in [-0.2, -0.15) is 0 Å². The normalized spacial score (nSPS) is 27.9. The van der Waals surface area contributed by atoms with E-state index in [9.17, 15) is 9.18 Å². The zero-order chi connectivity index (χ0) is 21.5. The van der Waals surface area contributed by atoms with Crippen LogP contribution in [0.5, 0.6) is 0 Å². The molecule has 2 amide bonds. The Balaban J connectivity index is 1.59. The molecule has 4 heteroatoms. The molecule has 0 unspecified atom stereocenters. The van der Waals surface area contributed by atoms with Crippen molar-refractivity contribution in [2.75, 3.05) is 5.32 Å². The molecule has 2 N–H and O–H groups in total. The minimum Gasteiger partial charge on any atom is -0.332 e. The molecule has 2 aliphatic carbocycles. The lowest BCUT2D eigenvalue weighted by molar-refractivity contribution is 0.0709. The highest BCUT2D eigenvalue weighted by atomic mass is 19.1. The van der Waals surface area contributed by atoms with Crippen molar-refractivity contribution in [3.8, 4) is 0 Å². The third-order valence-corrected chi connectivity index (χ3v) is 7.57. The van der Waals surface area contributed by atoms with Gasteiger partial charge >= 0.3 is 6.03 Å². The van der Waals surface area contributed by atoms with Gasteiger partial charge in [0.25, 0.3) is 0 Å². The quantitative estimate of drug-likeness (QED) is 0.595. The molecule has 0 aromatic heterocycles. The van der Waals surface area contributed by atoms with E-state index < -0.39 is 5.82 Å². The Morgan fingerprint density at radius 1 is 1.13 bits per heavy atom. The van der Waals surface area contributed by atoms with Gasteiger partial charge in [-0.25, -0.2) is 9.18 Å². The van der Waals surface area contributed by atoms with Crippen LogP contribution in [-0.2, 0) is 11.8 Å². The Labute approximate surface area is 179 Å². The van der Waals surface area contributed by atoms with Gasteiger partial charge in [0, 0.05) is 5.54 Å². The molecule has 0 aliphatic heterocycles. The second kappa shape index (κ2) is 7.72. The van der Waals surface area contributed by atoms with Gasteiger partial charge in [-0.05, 0) is 78.7 Å². The van der Waals surface area contributed by atoms with Crippen LogP contribution in [-0.4, -0.2) is 11.6 Å². The highest BCUT2D eigenvalue weighted by molar-refractivity contribution is 5.90. The zero-order valence-electron chi connectivity index (χ0n) is 18.5. The number of rotatable bonds is 3. The number of carbonyl (C=O) groups is 1. The molecule has 0 bridgehead atoms. The third kappa shape index (κ3) is 3.61. The number of hydrogen-bond acceptors (Lipinski definition) is 1. The molecular weight excluding hydrogens is 375 g/mol. The van der Waals surface area contributed by atoms with Crippen molar-refractivity contribution in [1.82, 2.24) is 5.32 Å². The number of nitrogens with one attached hydrogen (secondary N) is 2. The second-order valence-corrected chi connectivity index (χ2v) is 9.91. The van der Waals surface area contributed by atoms with Crippen molar-refractivity contribution in [2.45, 2.75) is 76.7 Å². The van der Waals surface area contributed by atoms with Crippen LogP contribution in [0.4, 0.5) is 14.9 Å². The topological polar surface area (TPSA) is 41.1 Å². The highest BCUT2D eigenvalue weighted by Crippen LogP contribution is 2.53. The molecular formula is C26H33FN2O. The maximum atomic E-state index is 14.0. The molecule has 1 fully saturated rings. The number of para-hydroxylation sites is 1. The van der Waals surface area contributed by atoms with Crippen LogP contribution in [0.1, 0.15) is 76.0 Å². The predicted molar refractivity (Wildman–Crippen MR) is 121 cm³/mol. The predicted octanol–water partition coefficient (Wildman–Crippen LogP) is 6.53. The fourth-order valence-electron chi connectivity index (χ4n) is 6.00. The van der Waals surface area contributed by atoms with Gasteiger partial charge in [0.15, 0.2) is 0 Å². The summed E-state index contributed by atoms with van der Waals surface area (Å²) in [6.07, 6.45) is 5.24. The monoisotopic (exact) mass is 408 g/mol. The molecule has 4 rings (SSSR count). The van der Waals surface area contributed by atoms with Crippen LogP contribution in [0.15, 0.2) is 42.5 Å². The van der Waals surface area contributed by atoms with Crippen molar-refractivity contribution in [2.24, 2.45) is 5.92 Å². The first-order chi connectivity index (χ1) is 14.2. The van der Waals surface area contributed by atoms with Crippen LogP contribution >= 0.6 is 0 Å². The first-order valence-electron chi connectivity index (χ1n) is 11.2. The Morgan fingerprint density at radius 2 is 1.90 bits per heavy atom. The summed E-state index contributed by atoms with van der Waals surface area (Å²) in [6, 6.07) is 13.0. The highest BCUT2D eigenvalue weighted by Gasteiger charge is 2.52. The van der Waals surface area contributed by atoms with Gasteiger partial charge in [0.2, 0.25) is 0 Å². The van der Waals surface area contributed by atoms with Gasteiger partial charge in [-0.1, -0.05) is 57.5 Å². The number of anilines is 1. The number of carbonyl (C=O) groups excluding carboxylic acids is 1. The van der Waals surface area contributed by atoms with Crippen molar-refractivity contribution in [3.63, 3.8) is 0 Å². The molecule has 0 radical (unpaired) electrons. The fraction of sp³-hybridized carbons (Fsp3) is 0.500. The summed E-state index contributed by atoms with van der Waals surface area (Å²) in [7, 11) is 0. The molecule has 160 valence electrons. The van der Waals surface area contributed by atoms with Crippen LogP contribution in [0.2, 0.25) is 0 Å². The van der Waals surface area contributed by atoms with Crippen LogP contribution < -0.4 is 10.6 Å². The minimum absolute atomic E-state index is 0.0430. The van der Waals surface area contributed by atoms with E-state index >= 15 is 0 Å². The summed E-state index contributed by atoms with van der Waals surface area (Å²) in [4.78, 5) is 12.8. The van der Waals surface area contributed by atoms with Crippen LogP contribution in [0, 0.1) is 11.7 Å². The van der Waals surface area contributed by atoms with E-state index in [1.165, 1.54) is 22.8 Å². The number of urea groups is 1. The van der Waals surface area contributed by atoms with Gasteiger partial charge in [-0.3, -0.25) is 0 Å². The van der Waals surface area contributed by atoms with Crippen molar-refractivity contribution in [3.05, 3.63) is 65.0 Å². The van der Waals surface area contributed by atoms with Crippen molar-refractivity contribution >= 4 is 11.7 Å². The summed E-state index contributed by atoms with van der Waals surface area (Å²) in [5.74, 6) is 0.461. The number of benzene rings is 2. The Kier molecular flexibility index (Phi) is 5.37. The van der Waals surface area contributed by atoms with E-state index in [0.717, 1.165) is 32.1 Å². The Hall–Kier alpha value is -2.36. The standard InChI is InChI=1S/C26H33FN2O/c1-17(2)18-10-12-20-19(16-18)11-13-23-25(20,3)14-7-15-26(23,4)29-24(30)28-22-9-6-5-8-21(22)27/h5-6,8-10,12,16-17,23H,7,11,13-15H2,1-4H3,(H2,28,29,30)/t23-,25-,26-/m1/s1. The van der Waals surface area contributed by atoms with E-state index in [2.05, 4.69) is 56.5 Å². The number of amides is 2. The first-order valence-corrected chi connectivity index (χ1v) is 11.2. The summed E-state index contributed by atoms with van der Waals surface area (Å²) in [5.41, 5.74) is 4.26. The average Bonchev–Trinajstić information content (AvgIpc) is 2.69. The Bertz CT molecular complexity index is 956. The zero-order valence-corrected chi connectivity index (χ0v) is 18.5. The van der Waals surface area contributed by atoms with E-state index in [1.54, 1.807) is 18.2 Å². The molecule has 1 saturated carbocycles. The number of halogens is 1. The molecule has 0 saturated heterocycles. The smallest absolute Gasteiger partial charge is 0.319 e. The van der Waals surface area contributed by atoms with E-state index in [-0.39, 0.29) is 22.7 Å². The molecule has 3 nitrogen and oxygen atoms in total. The minimum atomic E-state index is -0.418.